The third-order valence-corrected chi connectivity index (χ3v) is 6.68. The molecule has 2 aromatic carbocycles. The summed E-state index contributed by atoms with van der Waals surface area (Å²) in [6.45, 7) is 2.44. The number of carbonyl (C=O) groups is 2. The molecule has 2 heterocycles. The molecule has 1 aromatic heterocycles. The van der Waals surface area contributed by atoms with Gasteiger partial charge in [0.15, 0.2) is 0 Å². The van der Waals surface area contributed by atoms with Crippen molar-refractivity contribution in [2.75, 3.05) is 26.1 Å². The summed E-state index contributed by atoms with van der Waals surface area (Å²) in [5.41, 5.74) is 3.62. The molecule has 0 fully saturated rings. The van der Waals surface area contributed by atoms with Crippen molar-refractivity contribution in [3.63, 3.8) is 0 Å². The predicted octanol–water partition coefficient (Wildman–Crippen LogP) is 4.28. The Kier molecular flexibility index (Phi) is 6.87. The van der Waals surface area contributed by atoms with Crippen molar-refractivity contribution in [2.45, 2.75) is 25.9 Å². The lowest BCUT2D eigenvalue weighted by Crippen LogP contribution is -2.29. The minimum Gasteiger partial charge on any atom is -0.497 e. The molecule has 1 N–H and O–H groups in total. The van der Waals surface area contributed by atoms with Gasteiger partial charge in [-0.3, -0.25) is 9.69 Å². The number of hydrogen-bond acceptors (Lipinski definition) is 6. The first-order valence-corrected chi connectivity index (χ1v) is 11.3. The molecule has 1 aliphatic rings. The van der Waals surface area contributed by atoms with Gasteiger partial charge >= 0.3 is 5.97 Å². The minimum atomic E-state index is -0.404. The zero-order valence-corrected chi connectivity index (χ0v) is 19.0. The van der Waals surface area contributed by atoms with Crippen molar-refractivity contribution in [1.29, 1.82) is 0 Å². The highest BCUT2D eigenvalue weighted by molar-refractivity contribution is 7.17. The van der Waals surface area contributed by atoms with Gasteiger partial charge in [0.05, 0.1) is 26.2 Å². The molecule has 0 atom stereocenters. The molecule has 0 unspecified atom stereocenters. The molecule has 0 saturated carbocycles. The van der Waals surface area contributed by atoms with Crippen molar-refractivity contribution in [1.82, 2.24) is 4.90 Å². The highest BCUT2D eigenvalue weighted by atomic mass is 32.1. The van der Waals surface area contributed by atoms with Crippen molar-refractivity contribution in [2.24, 2.45) is 0 Å². The van der Waals surface area contributed by atoms with Gasteiger partial charge in [-0.1, -0.05) is 42.5 Å². The highest BCUT2D eigenvalue weighted by Crippen LogP contribution is 2.38. The summed E-state index contributed by atoms with van der Waals surface area (Å²) in [6.07, 6.45) is 0.963. The maximum atomic E-state index is 12.7. The number of nitrogens with one attached hydrogen (secondary N) is 1. The van der Waals surface area contributed by atoms with Gasteiger partial charge in [-0.25, -0.2) is 4.79 Å². The lowest BCUT2D eigenvalue weighted by molar-refractivity contribution is -0.115. The molecule has 0 saturated heterocycles. The van der Waals surface area contributed by atoms with Crippen LogP contribution in [-0.4, -0.2) is 37.5 Å². The Morgan fingerprint density at radius 3 is 2.47 bits per heavy atom. The van der Waals surface area contributed by atoms with Crippen molar-refractivity contribution in [3.8, 4) is 5.75 Å². The average molecular weight is 451 g/mol. The number of nitrogens with zero attached hydrogens (tertiary/aromatic N) is 1. The second-order valence-corrected chi connectivity index (χ2v) is 8.82. The largest absolute Gasteiger partial charge is 0.497 e. The summed E-state index contributed by atoms with van der Waals surface area (Å²) >= 11 is 1.47. The van der Waals surface area contributed by atoms with Gasteiger partial charge in [-0.15, -0.1) is 11.3 Å². The number of methoxy groups -OCH3 is 2. The second-order valence-electron chi connectivity index (χ2n) is 7.72. The number of fused-ring (bicyclic) bond motifs is 1. The standard InChI is InChI=1S/C25H26N2O4S/c1-30-19-10-8-17(9-11-19)14-22(28)26-24-23(25(29)31-2)20-12-13-27(16-21(20)32-24)15-18-6-4-3-5-7-18/h3-11H,12-16H2,1-2H3,(H,26,28). The zero-order valence-electron chi connectivity index (χ0n) is 18.2. The Labute approximate surface area is 191 Å². The van der Waals surface area contributed by atoms with E-state index < -0.39 is 5.97 Å². The Hall–Kier alpha value is -3.16. The first-order valence-electron chi connectivity index (χ1n) is 10.5. The molecule has 0 radical (unpaired) electrons. The normalized spacial score (nSPS) is 13.3. The average Bonchev–Trinajstić information content (AvgIpc) is 3.16. The van der Waals surface area contributed by atoms with E-state index in [-0.39, 0.29) is 12.3 Å². The predicted molar refractivity (Wildman–Crippen MR) is 125 cm³/mol. The summed E-state index contributed by atoms with van der Waals surface area (Å²) in [4.78, 5) is 28.7. The van der Waals surface area contributed by atoms with Gasteiger partial charge in [0, 0.05) is 24.5 Å². The van der Waals surface area contributed by atoms with Crippen molar-refractivity contribution in [3.05, 3.63) is 81.7 Å². The van der Waals surface area contributed by atoms with Gasteiger partial charge in [0.25, 0.3) is 0 Å². The fraction of sp³-hybridized carbons (Fsp3) is 0.280. The van der Waals surface area contributed by atoms with Crippen LogP contribution in [0.2, 0.25) is 0 Å². The van der Waals surface area contributed by atoms with Crippen LogP contribution in [0, 0.1) is 0 Å². The molecular weight excluding hydrogens is 424 g/mol. The molecule has 166 valence electrons. The lowest BCUT2D eigenvalue weighted by atomic mass is 10.0. The number of esters is 1. The fourth-order valence-corrected chi connectivity index (χ4v) is 5.23. The van der Waals surface area contributed by atoms with Crippen LogP contribution in [0.4, 0.5) is 5.00 Å². The second kappa shape index (κ2) is 9.97. The lowest BCUT2D eigenvalue weighted by Gasteiger charge is -2.27. The monoisotopic (exact) mass is 450 g/mol. The van der Waals surface area contributed by atoms with Gasteiger partial charge in [0.2, 0.25) is 5.91 Å². The van der Waals surface area contributed by atoms with E-state index in [4.69, 9.17) is 9.47 Å². The molecule has 7 heteroatoms. The smallest absolute Gasteiger partial charge is 0.341 e. The van der Waals surface area contributed by atoms with E-state index in [1.54, 1.807) is 7.11 Å². The van der Waals surface area contributed by atoms with Gasteiger partial charge in [0.1, 0.15) is 10.8 Å². The maximum absolute atomic E-state index is 12.7. The Balaban J connectivity index is 1.50. The van der Waals surface area contributed by atoms with E-state index in [1.807, 2.05) is 42.5 Å². The molecule has 1 amide bonds. The first-order chi connectivity index (χ1) is 15.6. The number of rotatable bonds is 7. The SMILES string of the molecule is COC(=O)c1c(NC(=O)Cc2ccc(OC)cc2)sc2c1CCN(Cc1ccccc1)C2. The first kappa shape index (κ1) is 22.0. The van der Waals surface area contributed by atoms with E-state index in [9.17, 15) is 9.59 Å². The molecule has 32 heavy (non-hydrogen) atoms. The van der Waals surface area contributed by atoms with Crippen LogP contribution in [0.5, 0.6) is 5.75 Å². The maximum Gasteiger partial charge on any atom is 0.341 e. The number of carbonyl (C=O) groups excluding carboxylic acids is 2. The molecular formula is C25H26N2O4S. The van der Waals surface area contributed by atoms with Crippen LogP contribution in [-0.2, 0) is 35.5 Å². The summed E-state index contributed by atoms with van der Waals surface area (Å²) in [5, 5.41) is 3.52. The molecule has 0 bridgehead atoms. The Morgan fingerprint density at radius 1 is 1.03 bits per heavy atom. The van der Waals surface area contributed by atoms with E-state index in [0.29, 0.717) is 10.6 Å². The third-order valence-electron chi connectivity index (χ3n) is 5.55. The van der Waals surface area contributed by atoms with E-state index in [1.165, 1.54) is 24.0 Å². The minimum absolute atomic E-state index is 0.167. The summed E-state index contributed by atoms with van der Waals surface area (Å²) in [5.74, 6) is 0.173. The fourth-order valence-electron chi connectivity index (χ4n) is 3.94. The van der Waals surface area contributed by atoms with Crippen LogP contribution < -0.4 is 10.1 Å². The number of ether oxygens (including phenoxy) is 2. The van der Waals surface area contributed by atoms with Crippen LogP contribution in [0.1, 0.15) is 31.9 Å². The number of hydrogen-bond donors (Lipinski definition) is 1. The molecule has 0 spiro atoms. The number of thiophene rings is 1. The van der Waals surface area contributed by atoms with Crippen LogP contribution in [0.25, 0.3) is 0 Å². The summed E-state index contributed by atoms with van der Waals surface area (Å²) in [6, 6.07) is 17.7. The quantitative estimate of drug-likeness (QED) is 0.544. The molecule has 0 aliphatic carbocycles. The Bertz CT molecular complexity index is 1090. The van der Waals surface area contributed by atoms with Gasteiger partial charge in [-0.2, -0.15) is 0 Å². The molecule has 3 aromatic rings. The van der Waals surface area contributed by atoms with Crippen molar-refractivity contribution >= 4 is 28.2 Å². The van der Waals surface area contributed by atoms with Crippen LogP contribution in [0.3, 0.4) is 0 Å². The summed E-state index contributed by atoms with van der Waals surface area (Å²) < 4.78 is 10.2. The van der Waals surface area contributed by atoms with Crippen molar-refractivity contribution < 1.29 is 19.1 Å². The Morgan fingerprint density at radius 2 is 1.78 bits per heavy atom. The van der Waals surface area contributed by atoms with E-state index >= 15 is 0 Å². The van der Waals surface area contributed by atoms with E-state index in [0.717, 1.165) is 47.8 Å². The number of benzene rings is 2. The van der Waals surface area contributed by atoms with Crippen LogP contribution in [0.15, 0.2) is 54.6 Å². The van der Waals surface area contributed by atoms with E-state index in [2.05, 4.69) is 22.3 Å². The topological polar surface area (TPSA) is 67.9 Å². The van der Waals surface area contributed by atoms with Gasteiger partial charge < -0.3 is 14.8 Å². The number of amides is 1. The van der Waals surface area contributed by atoms with Crippen LogP contribution >= 0.6 is 11.3 Å². The highest BCUT2D eigenvalue weighted by Gasteiger charge is 2.29. The third kappa shape index (κ3) is 5.00. The molecule has 1 aliphatic heterocycles. The molecule has 6 nitrogen and oxygen atoms in total. The summed E-state index contributed by atoms with van der Waals surface area (Å²) in [7, 11) is 2.98. The number of anilines is 1. The zero-order chi connectivity index (χ0) is 22.5. The van der Waals surface area contributed by atoms with Gasteiger partial charge in [-0.05, 0) is 35.2 Å². The molecule has 4 rings (SSSR count).